The van der Waals surface area contributed by atoms with Gasteiger partial charge in [-0.3, -0.25) is 19.7 Å². The van der Waals surface area contributed by atoms with E-state index in [9.17, 15) is 19.2 Å². The van der Waals surface area contributed by atoms with Crippen molar-refractivity contribution >= 4 is 24.0 Å². The molecule has 11 nitrogen and oxygen atoms in total. The highest BCUT2D eigenvalue weighted by Gasteiger charge is 2.20. The molecule has 0 aromatic heterocycles. The van der Waals surface area contributed by atoms with Gasteiger partial charge in [-0.25, -0.2) is 4.79 Å². The molecule has 0 radical (unpaired) electrons. The van der Waals surface area contributed by atoms with Gasteiger partial charge >= 0.3 is 24.0 Å². The predicted octanol–water partition coefficient (Wildman–Crippen LogP) is -1.07. The molecule has 0 rings (SSSR count). The first-order valence-electron chi connectivity index (χ1n) is 6.19. The normalized spacial score (nSPS) is 11.6. The van der Waals surface area contributed by atoms with Gasteiger partial charge in [-0.15, -0.1) is 0 Å². The van der Waals surface area contributed by atoms with Crippen molar-refractivity contribution in [1.82, 2.24) is 10.2 Å². The van der Waals surface area contributed by atoms with Crippen LogP contribution in [0.2, 0.25) is 0 Å². The molecule has 0 aromatic carbocycles. The molecule has 5 N–H and O–H groups in total. The zero-order chi connectivity index (χ0) is 17.1. The van der Waals surface area contributed by atoms with Gasteiger partial charge in [0, 0.05) is 13.1 Å². The number of ether oxygens (including phenoxy) is 1. The minimum absolute atomic E-state index is 0.0963. The molecule has 126 valence electrons. The minimum atomic E-state index is -1.35. The van der Waals surface area contributed by atoms with Crippen LogP contribution in [0.3, 0.4) is 0 Å². The fraction of sp³-hybridized carbons (Fsp3) is 0.636. The Hall–Kier alpha value is -2.40. The molecule has 0 aromatic rings. The number of hydrogen-bond acceptors (Lipinski definition) is 6. The van der Waals surface area contributed by atoms with Crippen molar-refractivity contribution < 1.29 is 44.3 Å². The maximum atomic E-state index is 10.8. The number of rotatable bonds is 12. The summed E-state index contributed by atoms with van der Waals surface area (Å²) in [6.07, 6.45) is -2.27. The van der Waals surface area contributed by atoms with Gasteiger partial charge < -0.3 is 30.1 Å². The van der Waals surface area contributed by atoms with Gasteiger partial charge in [-0.1, -0.05) is 0 Å². The molecule has 0 bridgehead atoms. The summed E-state index contributed by atoms with van der Waals surface area (Å²) in [7, 11) is 0. The number of nitrogens with one attached hydrogen (secondary N) is 1. The molecule has 1 amide bonds. The van der Waals surface area contributed by atoms with Crippen LogP contribution in [0.1, 0.15) is 12.8 Å². The standard InChI is InChI=1S/C11H18N2O9/c14-8(15)1-2-13(11(20)21)3-4-22-6-12-7(10(18)19)5-9(16)17/h7,12H,1-6H2,(H,14,15)(H,16,17)(H,18,19)(H,20,21). The highest BCUT2D eigenvalue weighted by Crippen LogP contribution is 1.95. The van der Waals surface area contributed by atoms with Gasteiger partial charge in [-0.05, 0) is 0 Å². The Balaban J connectivity index is 4.01. The van der Waals surface area contributed by atoms with Gasteiger partial charge in [0.25, 0.3) is 0 Å². The van der Waals surface area contributed by atoms with Crippen molar-refractivity contribution in [3.63, 3.8) is 0 Å². The molecular formula is C11H18N2O9. The average Bonchev–Trinajstić information content (AvgIpc) is 2.38. The first-order chi connectivity index (χ1) is 10.2. The lowest BCUT2D eigenvalue weighted by molar-refractivity contribution is -0.146. The summed E-state index contributed by atoms with van der Waals surface area (Å²) in [6.45, 7) is -0.672. The van der Waals surface area contributed by atoms with Crippen LogP contribution in [-0.2, 0) is 19.1 Å². The summed E-state index contributed by atoms with van der Waals surface area (Å²) >= 11 is 0. The zero-order valence-corrected chi connectivity index (χ0v) is 11.6. The Morgan fingerprint density at radius 1 is 1.00 bits per heavy atom. The molecule has 0 saturated carbocycles. The van der Waals surface area contributed by atoms with E-state index in [0.717, 1.165) is 4.90 Å². The molecule has 0 fully saturated rings. The second kappa shape index (κ2) is 10.3. The monoisotopic (exact) mass is 322 g/mol. The Bertz CT molecular complexity index is 412. The Kier molecular flexibility index (Phi) is 9.22. The number of carbonyl (C=O) groups is 4. The van der Waals surface area contributed by atoms with E-state index < -0.39 is 36.5 Å². The van der Waals surface area contributed by atoms with Crippen molar-refractivity contribution in [2.75, 3.05) is 26.4 Å². The van der Waals surface area contributed by atoms with Gasteiger partial charge in [-0.2, -0.15) is 0 Å². The zero-order valence-electron chi connectivity index (χ0n) is 11.6. The summed E-state index contributed by atoms with van der Waals surface area (Å²) < 4.78 is 4.96. The first kappa shape index (κ1) is 19.6. The third-order valence-corrected chi connectivity index (χ3v) is 2.48. The number of aliphatic carboxylic acids is 3. The van der Waals surface area contributed by atoms with E-state index in [4.69, 9.17) is 25.2 Å². The summed E-state index contributed by atoms with van der Waals surface area (Å²) in [5, 5.41) is 36.9. The van der Waals surface area contributed by atoms with Crippen LogP contribution in [0.25, 0.3) is 0 Å². The lowest BCUT2D eigenvalue weighted by Gasteiger charge is -2.18. The fourth-order valence-corrected chi connectivity index (χ4v) is 1.36. The van der Waals surface area contributed by atoms with Crippen molar-refractivity contribution in [2.24, 2.45) is 0 Å². The summed E-state index contributed by atoms with van der Waals surface area (Å²) in [5.41, 5.74) is 0. The lowest BCUT2D eigenvalue weighted by Crippen LogP contribution is -2.40. The van der Waals surface area contributed by atoms with Crippen molar-refractivity contribution in [1.29, 1.82) is 0 Å². The van der Waals surface area contributed by atoms with E-state index >= 15 is 0 Å². The Morgan fingerprint density at radius 3 is 2.09 bits per heavy atom. The first-order valence-corrected chi connectivity index (χ1v) is 6.19. The van der Waals surface area contributed by atoms with E-state index in [1.54, 1.807) is 0 Å². The van der Waals surface area contributed by atoms with E-state index in [1.807, 2.05) is 0 Å². The maximum Gasteiger partial charge on any atom is 0.407 e. The second-order valence-corrected chi connectivity index (χ2v) is 4.16. The molecule has 22 heavy (non-hydrogen) atoms. The molecule has 0 heterocycles. The topological polar surface area (TPSA) is 174 Å². The van der Waals surface area contributed by atoms with E-state index in [2.05, 4.69) is 5.32 Å². The lowest BCUT2D eigenvalue weighted by atomic mass is 10.2. The summed E-state index contributed by atoms with van der Waals surface area (Å²) in [6, 6.07) is -1.32. The molecular weight excluding hydrogens is 304 g/mol. The van der Waals surface area contributed by atoms with Crippen LogP contribution >= 0.6 is 0 Å². The van der Waals surface area contributed by atoms with Crippen molar-refractivity contribution in [3.05, 3.63) is 0 Å². The SMILES string of the molecule is O=C(O)CCN(CCOCNC(CC(=O)O)C(=O)O)C(=O)O. The molecule has 11 heteroatoms. The van der Waals surface area contributed by atoms with E-state index in [0.29, 0.717) is 0 Å². The van der Waals surface area contributed by atoms with Gasteiger partial charge in [0.15, 0.2) is 0 Å². The summed E-state index contributed by atoms with van der Waals surface area (Å²) in [5.74, 6) is -3.77. The molecule has 0 spiro atoms. The van der Waals surface area contributed by atoms with Gasteiger partial charge in [0.2, 0.25) is 0 Å². The maximum absolute atomic E-state index is 10.8. The average molecular weight is 322 g/mol. The van der Waals surface area contributed by atoms with Crippen LogP contribution in [0.5, 0.6) is 0 Å². The largest absolute Gasteiger partial charge is 0.481 e. The van der Waals surface area contributed by atoms with E-state index in [1.165, 1.54) is 0 Å². The quantitative estimate of drug-likeness (QED) is 0.220. The molecule has 0 aliphatic carbocycles. The van der Waals surface area contributed by atoms with Crippen LogP contribution < -0.4 is 5.32 Å². The number of hydrogen-bond donors (Lipinski definition) is 5. The van der Waals surface area contributed by atoms with Gasteiger partial charge in [0.05, 0.1) is 26.2 Å². The molecule has 0 aliphatic rings. The Labute approximate surface area is 125 Å². The molecule has 1 atom stereocenters. The summed E-state index contributed by atoms with van der Waals surface area (Å²) in [4.78, 5) is 43.2. The molecule has 0 saturated heterocycles. The van der Waals surface area contributed by atoms with Gasteiger partial charge in [0.1, 0.15) is 6.04 Å². The number of carboxylic acid groups (broad SMARTS) is 4. The Morgan fingerprint density at radius 2 is 1.64 bits per heavy atom. The number of amides is 1. The number of carboxylic acids is 3. The predicted molar refractivity (Wildman–Crippen MR) is 69.5 cm³/mol. The molecule has 1 unspecified atom stereocenters. The van der Waals surface area contributed by atoms with Crippen molar-refractivity contribution in [2.45, 2.75) is 18.9 Å². The number of nitrogens with zero attached hydrogens (tertiary/aromatic N) is 1. The van der Waals surface area contributed by atoms with Crippen LogP contribution in [-0.4, -0.2) is 81.8 Å². The van der Waals surface area contributed by atoms with Crippen LogP contribution in [0.4, 0.5) is 4.79 Å². The fourth-order valence-electron chi connectivity index (χ4n) is 1.36. The third-order valence-electron chi connectivity index (χ3n) is 2.48. The third kappa shape index (κ3) is 9.50. The highest BCUT2D eigenvalue weighted by molar-refractivity contribution is 5.80. The highest BCUT2D eigenvalue weighted by atomic mass is 16.5. The van der Waals surface area contributed by atoms with Crippen LogP contribution in [0.15, 0.2) is 0 Å². The van der Waals surface area contributed by atoms with E-state index in [-0.39, 0.29) is 32.8 Å². The van der Waals surface area contributed by atoms with Crippen LogP contribution in [0, 0.1) is 0 Å². The smallest absolute Gasteiger partial charge is 0.407 e. The minimum Gasteiger partial charge on any atom is -0.481 e. The van der Waals surface area contributed by atoms with Crippen molar-refractivity contribution in [3.8, 4) is 0 Å². The second-order valence-electron chi connectivity index (χ2n) is 4.16. The molecule has 0 aliphatic heterocycles.